The second kappa shape index (κ2) is 3.24. The Hall–Kier alpha value is -1.02. The van der Waals surface area contributed by atoms with Crippen LogP contribution in [-0.4, -0.2) is 9.38 Å². The fraction of sp³-hybridized carbons (Fsp3) is 0.417. The number of pyridine rings is 1. The van der Waals surface area contributed by atoms with Gasteiger partial charge in [0.25, 0.3) is 0 Å². The molecule has 2 atom stereocenters. The van der Waals surface area contributed by atoms with Gasteiger partial charge in [-0.3, -0.25) is 0 Å². The molecular formula is C12H13ClN2. The predicted octanol–water partition coefficient (Wildman–Crippen LogP) is 3.20. The lowest BCUT2D eigenvalue weighted by Gasteiger charge is -1.99. The van der Waals surface area contributed by atoms with E-state index >= 15 is 0 Å². The Balaban J connectivity index is 2.05. The second-order valence-corrected chi connectivity index (χ2v) is 4.68. The first-order valence-electron chi connectivity index (χ1n) is 5.31. The molecule has 1 fully saturated rings. The van der Waals surface area contributed by atoms with Crippen molar-refractivity contribution < 1.29 is 0 Å². The molecule has 2 aromatic heterocycles. The van der Waals surface area contributed by atoms with Crippen molar-refractivity contribution in [3.8, 4) is 0 Å². The highest BCUT2D eigenvalue weighted by Gasteiger charge is 2.34. The van der Waals surface area contributed by atoms with Gasteiger partial charge < -0.3 is 4.40 Å². The van der Waals surface area contributed by atoms with Gasteiger partial charge in [-0.15, -0.1) is 11.6 Å². The van der Waals surface area contributed by atoms with Crippen LogP contribution in [0, 0.1) is 5.92 Å². The molecule has 0 bridgehead atoms. The van der Waals surface area contributed by atoms with Gasteiger partial charge in [-0.1, -0.05) is 13.0 Å². The number of alkyl halides is 1. The van der Waals surface area contributed by atoms with Gasteiger partial charge >= 0.3 is 0 Å². The molecule has 2 nitrogen and oxygen atoms in total. The molecule has 2 unspecified atom stereocenters. The topological polar surface area (TPSA) is 17.3 Å². The van der Waals surface area contributed by atoms with Crippen LogP contribution >= 0.6 is 11.6 Å². The quantitative estimate of drug-likeness (QED) is 0.711. The fourth-order valence-electron chi connectivity index (χ4n) is 2.13. The van der Waals surface area contributed by atoms with Crippen molar-refractivity contribution in [3.05, 3.63) is 35.8 Å². The maximum Gasteiger partial charge on any atom is 0.137 e. The molecule has 3 rings (SSSR count). The number of hydrogen-bond acceptors (Lipinski definition) is 1. The molecule has 0 aromatic carbocycles. The van der Waals surface area contributed by atoms with Crippen LogP contribution in [0.15, 0.2) is 24.5 Å². The number of aromatic nitrogens is 2. The summed E-state index contributed by atoms with van der Waals surface area (Å²) in [4.78, 5) is 4.40. The van der Waals surface area contributed by atoms with E-state index in [0.717, 1.165) is 23.2 Å². The number of nitrogens with zero attached hydrogens (tertiary/aromatic N) is 2. The number of fused-ring (bicyclic) bond motifs is 1. The smallest absolute Gasteiger partial charge is 0.137 e. The molecule has 0 saturated heterocycles. The molecule has 3 heteroatoms. The highest BCUT2D eigenvalue weighted by atomic mass is 35.5. The van der Waals surface area contributed by atoms with Gasteiger partial charge in [0.1, 0.15) is 5.65 Å². The van der Waals surface area contributed by atoms with E-state index in [0.29, 0.717) is 5.88 Å². The molecule has 0 amide bonds. The average Bonchev–Trinajstić information content (AvgIpc) is 2.83. The summed E-state index contributed by atoms with van der Waals surface area (Å²) in [7, 11) is 0. The van der Waals surface area contributed by atoms with Crippen LogP contribution in [0.25, 0.3) is 5.65 Å². The molecule has 0 N–H and O–H groups in total. The van der Waals surface area contributed by atoms with E-state index in [1.807, 2.05) is 6.20 Å². The van der Waals surface area contributed by atoms with Gasteiger partial charge in [-0.2, -0.15) is 0 Å². The van der Waals surface area contributed by atoms with Crippen molar-refractivity contribution in [2.24, 2.45) is 5.92 Å². The van der Waals surface area contributed by atoms with Crippen molar-refractivity contribution in [1.82, 2.24) is 9.38 Å². The number of halogens is 1. The maximum absolute atomic E-state index is 5.76. The molecule has 1 saturated carbocycles. The van der Waals surface area contributed by atoms with E-state index < -0.39 is 0 Å². The normalized spacial score (nSPS) is 24.7. The molecule has 15 heavy (non-hydrogen) atoms. The first kappa shape index (κ1) is 9.22. The number of hydrogen-bond donors (Lipinski definition) is 0. The van der Waals surface area contributed by atoms with Crippen molar-refractivity contribution in [3.63, 3.8) is 0 Å². The number of imidazole rings is 1. The molecule has 78 valence electrons. The molecule has 1 aliphatic rings. The Morgan fingerprint density at radius 2 is 2.27 bits per heavy atom. The van der Waals surface area contributed by atoms with Gasteiger partial charge in [-0.05, 0) is 29.9 Å². The molecular weight excluding hydrogens is 208 g/mol. The summed E-state index contributed by atoms with van der Waals surface area (Å²) >= 11 is 5.76. The average molecular weight is 221 g/mol. The first-order chi connectivity index (χ1) is 7.28. The van der Waals surface area contributed by atoms with Crippen LogP contribution in [0.4, 0.5) is 0 Å². The van der Waals surface area contributed by atoms with E-state index in [9.17, 15) is 0 Å². The Labute approximate surface area is 93.9 Å². The third-order valence-electron chi connectivity index (χ3n) is 3.20. The molecule has 2 heterocycles. The van der Waals surface area contributed by atoms with Crippen LogP contribution < -0.4 is 0 Å². The fourth-order valence-corrected chi connectivity index (χ4v) is 2.26. The number of rotatable bonds is 2. The summed E-state index contributed by atoms with van der Waals surface area (Å²) in [6, 6.07) is 4.27. The zero-order chi connectivity index (χ0) is 10.4. The zero-order valence-corrected chi connectivity index (χ0v) is 9.41. The summed E-state index contributed by atoms with van der Waals surface area (Å²) in [6.45, 7) is 2.30. The molecule has 2 aromatic rings. The Bertz CT molecular complexity index is 503. The van der Waals surface area contributed by atoms with Crippen molar-refractivity contribution in [1.29, 1.82) is 0 Å². The first-order valence-corrected chi connectivity index (χ1v) is 5.85. The lowest BCUT2D eigenvalue weighted by molar-refractivity contribution is 0.905. The maximum atomic E-state index is 5.76. The van der Waals surface area contributed by atoms with Crippen molar-refractivity contribution >= 4 is 17.2 Å². The minimum Gasteiger partial charge on any atom is -0.306 e. The molecule has 0 radical (unpaired) electrons. The Morgan fingerprint density at radius 3 is 2.93 bits per heavy atom. The van der Waals surface area contributed by atoms with E-state index in [-0.39, 0.29) is 0 Å². The molecule has 0 spiro atoms. The Morgan fingerprint density at radius 1 is 1.47 bits per heavy atom. The van der Waals surface area contributed by atoms with Crippen molar-refractivity contribution in [2.75, 3.05) is 0 Å². The van der Waals surface area contributed by atoms with Gasteiger partial charge in [0.15, 0.2) is 0 Å². The summed E-state index contributed by atoms with van der Waals surface area (Å²) < 4.78 is 2.08. The van der Waals surface area contributed by atoms with Crippen LogP contribution in [-0.2, 0) is 5.88 Å². The minimum absolute atomic E-state index is 0.483. The molecule has 1 aliphatic carbocycles. The van der Waals surface area contributed by atoms with Crippen LogP contribution in [0.5, 0.6) is 0 Å². The second-order valence-electron chi connectivity index (χ2n) is 4.41. The zero-order valence-electron chi connectivity index (χ0n) is 8.65. The van der Waals surface area contributed by atoms with E-state index in [2.05, 4.69) is 34.6 Å². The predicted molar refractivity (Wildman–Crippen MR) is 61.3 cm³/mol. The Kier molecular flexibility index (Phi) is 1.99. The van der Waals surface area contributed by atoms with Crippen LogP contribution in [0.2, 0.25) is 0 Å². The van der Waals surface area contributed by atoms with Gasteiger partial charge in [-0.25, -0.2) is 4.98 Å². The highest BCUT2D eigenvalue weighted by Crippen LogP contribution is 2.46. The third kappa shape index (κ3) is 1.53. The highest BCUT2D eigenvalue weighted by molar-refractivity contribution is 6.16. The lowest BCUT2D eigenvalue weighted by atomic mass is 10.1. The van der Waals surface area contributed by atoms with Crippen LogP contribution in [0.1, 0.15) is 30.5 Å². The lowest BCUT2D eigenvalue weighted by Crippen LogP contribution is -1.87. The largest absolute Gasteiger partial charge is 0.306 e. The summed E-state index contributed by atoms with van der Waals surface area (Å²) in [5.74, 6) is 2.09. The monoisotopic (exact) mass is 220 g/mol. The van der Waals surface area contributed by atoms with E-state index in [4.69, 9.17) is 11.6 Å². The van der Waals surface area contributed by atoms with Gasteiger partial charge in [0.2, 0.25) is 0 Å². The third-order valence-corrected chi connectivity index (χ3v) is 3.47. The minimum atomic E-state index is 0.483. The van der Waals surface area contributed by atoms with Gasteiger partial charge in [0, 0.05) is 12.4 Å². The summed E-state index contributed by atoms with van der Waals surface area (Å²) in [6.07, 6.45) is 5.52. The van der Waals surface area contributed by atoms with Gasteiger partial charge in [0.05, 0.1) is 11.6 Å². The SMILES string of the molecule is CC1CC1c1ccc2nc(CCl)cn2c1. The van der Waals surface area contributed by atoms with E-state index in [1.165, 1.54) is 12.0 Å². The standard InChI is InChI=1S/C12H13ClN2/c1-8-4-11(8)9-2-3-12-14-10(5-13)7-15(12)6-9/h2-3,6-8,11H,4-5H2,1H3. The van der Waals surface area contributed by atoms with Crippen LogP contribution in [0.3, 0.4) is 0 Å². The van der Waals surface area contributed by atoms with E-state index in [1.54, 1.807) is 0 Å². The summed E-state index contributed by atoms with van der Waals surface area (Å²) in [5, 5.41) is 0. The van der Waals surface area contributed by atoms with Crippen molar-refractivity contribution in [2.45, 2.75) is 25.1 Å². The summed E-state index contributed by atoms with van der Waals surface area (Å²) in [5.41, 5.74) is 3.36. The molecule has 0 aliphatic heterocycles.